The quantitative estimate of drug-likeness (QED) is 0.909. The van der Waals surface area contributed by atoms with Crippen molar-refractivity contribution in [2.45, 2.75) is 42.9 Å². The molecule has 1 atom stereocenters. The summed E-state index contributed by atoms with van der Waals surface area (Å²) in [5.74, 6) is 0. The van der Waals surface area contributed by atoms with E-state index in [0.717, 1.165) is 0 Å². The van der Waals surface area contributed by atoms with Crippen molar-refractivity contribution in [1.82, 2.24) is 10.2 Å². The summed E-state index contributed by atoms with van der Waals surface area (Å²) in [7, 11) is -3.37. The number of carbonyl (C=O) groups excluding carboxylic acids is 1. The summed E-state index contributed by atoms with van der Waals surface area (Å²) in [6.45, 7) is 6.43. The molecule has 0 aliphatic carbocycles. The van der Waals surface area contributed by atoms with E-state index in [9.17, 15) is 13.2 Å². The third-order valence-corrected chi connectivity index (χ3v) is 5.62. The zero-order valence-electron chi connectivity index (χ0n) is 12.7. The highest BCUT2D eigenvalue weighted by molar-refractivity contribution is 7.92. The van der Waals surface area contributed by atoms with Crippen LogP contribution in [0.15, 0.2) is 35.2 Å². The minimum atomic E-state index is -3.37. The molecule has 21 heavy (non-hydrogen) atoms. The fourth-order valence-electron chi connectivity index (χ4n) is 2.37. The number of nitrogens with zero attached hydrogens (tertiary/aromatic N) is 1. The van der Waals surface area contributed by atoms with Crippen LogP contribution in [0.3, 0.4) is 0 Å². The van der Waals surface area contributed by atoms with Crippen molar-refractivity contribution in [1.29, 1.82) is 0 Å². The number of benzene rings is 1. The van der Waals surface area contributed by atoms with E-state index in [-0.39, 0.29) is 18.1 Å². The van der Waals surface area contributed by atoms with Gasteiger partial charge in [0.25, 0.3) is 0 Å². The first kappa shape index (κ1) is 15.8. The third-order valence-electron chi connectivity index (χ3n) is 3.42. The fourth-order valence-corrected chi connectivity index (χ4v) is 4.08. The first-order chi connectivity index (χ1) is 9.70. The molecule has 5 nitrogen and oxygen atoms in total. The van der Waals surface area contributed by atoms with E-state index < -0.39 is 15.1 Å². The van der Waals surface area contributed by atoms with Crippen LogP contribution in [0.1, 0.15) is 27.2 Å². The van der Waals surface area contributed by atoms with Gasteiger partial charge in [0.2, 0.25) is 0 Å². The van der Waals surface area contributed by atoms with E-state index in [1.807, 2.05) is 20.8 Å². The molecule has 1 fully saturated rings. The lowest BCUT2D eigenvalue weighted by Gasteiger charge is -2.25. The topological polar surface area (TPSA) is 66.5 Å². The maximum absolute atomic E-state index is 12.5. The Balaban J connectivity index is 2.07. The van der Waals surface area contributed by atoms with Gasteiger partial charge in [-0.05, 0) is 39.3 Å². The van der Waals surface area contributed by atoms with Crippen molar-refractivity contribution in [2.75, 3.05) is 13.1 Å². The molecule has 1 N–H and O–H groups in total. The molecule has 116 valence electrons. The number of hydrogen-bond acceptors (Lipinski definition) is 3. The highest BCUT2D eigenvalue weighted by Gasteiger charge is 2.36. The van der Waals surface area contributed by atoms with Crippen LogP contribution in [0.2, 0.25) is 0 Å². The van der Waals surface area contributed by atoms with E-state index in [2.05, 4.69) is 5.32 Å². The summed E-state index contributed by atoms with van der Waals surface area (Å²) in [6.07, 6.45) is 0.481. The van der Waals surface area contributed by atoms with E-state index in [1.54, 1.807) is 35.2 Å². The average molecular weight is 310 g/mol. The molecule has 2 amide bonds. The van der Waals surface area contributed by atoms with Gasteiger partial charge in [-0.25, -0.2) is 13.2 Å². The van der Waals surface area contributed by atoms with Gasteiger partial charge in [0.15, 0.2) is 9.84 Å². The Hall–Kier alpha value is -1.56. The van der Waals surface area contributed by atoms with E-state index in [1.165, 1.54) is 0 Å². The van der Waals surface area contributed by atoms with Gasteiger partial charge in [0.05, 0.1) is 10.1 Å². The Bertz CT molecular complexity index is 606. The van der Waals surface area contributed by atoms with Gasteiger partial charge in [0.1, 0.15) is 0 Å². The highest BCUT2D eigenvalue weighted by Crippen LogP contribution is 2.24. The highest BCUT2D eigenvalue weighted by atomic mass is 32.2. The zero-order chi connectivity index (χ0) is 15.7. The number of carbonyl (C=O) groups is 1. The molecule has 1 heterocycles. The Morgan fingerprint density at radius 2 is 1.86 bits per heavy atom. The number of hydrogen-bond donors (Lipinski definition) is 1. The van der Waals surface area contributed by atoms with Gasteiger partial charge in [-0.15, -0.1) is 0 Å². The second-order valence-corrected chi connectivity index (χ2v) is 8.62. The lowest BCUT2D eigenvalue weighted by molar-refractivity contribution is 0.199. The minimum absolute atomic E-state index is 0.201. The van der Waals surface area contributed by atoms with Crippen molar-refractivity contribution in [3.63, 3.8) is 0 Å². The summed E-state index contributed by atoms with van der Waals surface area (Å²) < 4.78 is 25.1. The molecule has 0 aromatic heterocycles. The van der Waals surface area contributed by atoms with Crippen LogP contribution in [0, 0.1) is 0 Å². The molecule has 2 rings (SSSR count). The molecule has 0 spiro atoms. The van der Waals surface area contributed by atoms with Gasteiger partial charge >= 0.3 is 6.03 Å². The lowest BCUT2D eigenvalue weighted by atomic mass is 10.1. The second kappa shape index (κ2) is 5.67. The smallest absolute Gasteiger partial charge is 0.317 e. The molecule has 0 radical (unpaired) electrons. The Morgan fingerprint density at radius 3 is 2.43 bits per heavy atom. The average Bonchev–Trinajstić information content (AvgIpc) is 2.88. The SMILES string of the molecule is CC(C)(C)NC(=O)N1CCC(S(=O)(=O)c2ccccc2)C1. The number of likely N-dealkylation sites (tertiary alicyclic amines) is 1. The Labute approximate surface area is 126 Å². The third kappa shape index (κ3) is 3.75. The molecular formula is C15H22N2O3S. The number of nitrogens with one attached hydrogen (secondary N) is 1. The fraction of sp³-hybridized carbons (Fsp3) is 0.533. The maximum Gasteiger partial charge on any atom is 0.317 e. The van der Waals surface area contributed by atoms with E-state index in [4.69, 9.17) is 0 Å². The molecule has 0 saturated carbocycles. The monoisotopic (exact) mass is 310 g/mol. The summed E-state index contributed by atoms with van der Waals surface area (Å²) >= 11 is 0. The normalized spacial score (nSPS) is 19.6. The standard InChI is InChI=1S/C15H22N2O3S/c1-15(2,3)16-14(18)17-10-9-13(11-17)21(19,20)12-7-5-4-6-8-12/h4-8,13H,9-11H2,1-3H3,(H,16,18). The van der Waals surface area contributed by atoms with Crippen molar-refractivity contribution in [2.24, 2.45) is 0 Å². The summed E-state index contributed by atoms with van der Waals surface area (Å²) in [5.41, 5.74) is -0.326. The largest absolute Gasteiger partial charge is 0.333 e. The van der Waals surface area contributed by atoms with Crippen molar-refractivity contribution < 1.29 is 13.2 Å². The summed E-state index contributed by atoms with van der Waals surface area (Å²) in [5, 5.41) is 2.34. The van der Waals surface area contributed by atoms with Crippen LogP contribution >= 0.6 is 0 Å². The number of rotatable bonds is 2. The van der Waals surface area contributed by atoms with Gasteiger partial charge in [0, 0.05) is 18.6 Å². The van der Waals surface area contributed by atoms with Crippen LogP contribution in [-0.4, -0.2) is 43.2 Å². The molecule has 1 aromatic carbocycles. The lowest BCUT2D eigenvalue weighted by Crippen LogP contribution is -2.48. The molecule has 1 aromatic rings. The van der Waals surface area contributed by atoms with Crippen LogP contribution in [0.5, 0.6) is 0 Å². The van der Waals surface area contributed by atoms with Crippen molar-refractivity contribution >= 4 is 15.9 Å². The molecule has 1 saturated heterocycles. The predicted molar refractivity (Wildman–Crippen MR) is 81.9 cm³/mol. The van der Waals surface area contributed by atoms with E-state index in [0.29, 0.717) is 17.9 Å². The van der Waals surface area contributed by atoms with E-state index >= 15 is 0 Å². The van der Waals surface area contributed by atoms with Crippen LogP contribution < -0.4 is 5.32 Å². The summed E-state index contributed by atoms with van der Waals surface area (Å²) in [4.78, 5) is 14.0. The summed E-state index contributed by atoms with van der Waals surface area (Å²) in [6, 6.07) is 8.22. The van der Waals surface area contributed by atoms with Crippen molar-refractivity contribution in [3.05, 3.63) is 30.3 Å². The van der Waals surface area contributed by atoms with Gasteiger partial charge in [-0.3, -0.25) is 0 Å². The molecular weight excluding hydrogens is 288 g/mol. The van der Waals surface area contributed by atoms with Crippen molar-refractivity contribution in [3.8, 4) is 0 Å². The van der Waals surface area contributed by atoms with Gasteiger partial charge in [-0.1, -0.05) is 18.2 Å². The number of sulfone groups is 1. The number of urea groups is 1. The first-order valence-corrected chi connectivity index (χ1v) is 8.61. The molecule has 1 aliphatic rings. The van der Waals surface area contributed by atoms with Crippen LogP contribution in [0.25, 0.3) is 0 Å². The Morgan fingerprint density at radius 1 is 1.24 bits per heavy atom. The second-order valence-electron chi connectivity index (χ2n) is 6.39. The maximum atomic E-state index is 12.5. The predicted octanol–water partition coefficient (Wildman–Crippen LogP) is 2.04. The minimum Gasteiger partial charge on any atom is -0.333 e. The van der Waals surface area contributed by atoms with Crippen LogP contribution in [-0.2, 0) is 9.84 Å². The molecule has 1 unspecified atom stereocenters. The molecule has 0 bridgehead atoms. The van der Waals surface area contributed by atoms with Crippen LogP contribution in [0.4, 0.5) is 4.79 Å². The first-order valence-electron chi connectivity index (χ1n) is 7.06. The number of amides is 2. The molecule has 1 aliphatic heterocycles. The molecule has 6 heteroatoms. The Kier molecular flexibility index (Phi) is 4.27. The zero-order valence-corrected chi connectivity index (χ0v) is 13.5. The van der Waals surface area contributed by atoms with Gasteiger partial charge in [-0.2, -0.15) is 0 Å². The van der Waals surface area contributed by atoms with Gasteiger partial charge < -0.3 is 10.2 Å².